The van der Waals surface area contributed by atoms with Crippen molar-refractivity contribution in [1.29, 1.82) is 0 Å². The Labute approximate surface area is 423 Å². The summed E-state index contributed by atoms with van der Waals surface area (Å²) >= 11 is 0. The summed E-state index contributed by atoms with van der Waals surface area (Å²) in [6, 6.07) is 26.7. The highest BCUT2D eigenvalue weighted by Crippen LogP contribution is 2.34. The van der Waals surface area contributed by atoms with Crippen molar-refractivity contribution >= 4 is 24.4 Å². The van der Waals surface area contributed by atoms with E-state index in [4.69, 9.17) is 37.9 Å². The molecule has 16 atom stereocenters. The summed E-state index contributed by atoms with van der Waals surface area (Å²) in [6.45, 7) is -2.88. The van der Waals surface area contributed by atoms with E-state index in [9.17, 15) is 60.0 Å². The van der Waals surface area contributed by atoms with E-state index < -0.39 is 135 Å². The van der Waals surface area contributed by atoms with Gasteiger partial charge in [-0.3, -0.25) is 0 Å². The van der Waals surface area contributed by atoms with E-state index in [1.54, 1.807) is 121 Å². The first-order chi connectivity index (χ1) is 35.7. The molecule has 16 unspecified atom stereocenters. The second-order valence-corrected chi connectivity index (χ2v) is 17.5. The van der Waals surface area contributed by atoms with Crippen LogP contribution in [0, 0.1) is 0 Å². The van der Waals surface area contributed by atoms with Gasteiger partial charge < -0.3 is 100 Å². The summed E-state index contributed by atoms with van der Waals surface area (Å²) in [5.74, 6) is 0. The molecule has 24 nitrogen and oxygen atoms in total. The van der Waals surface area contributed by atoms with E-state index in [-0.39, 0.29) is 26.4 Å². The van der Waals surface area contributed by atoms with Crippen LogP contribution in [0.5, 0.6) is 0 Å². The fourth-order valence-electron chi connectivity index (χ4n) is 8.52. The molecule has 3 aliphatic rings. The zero-order chi connectivity index (χ0) is 52.7. The molecule has 400 valence electrons. The molecule has 0 spiro atoms. The molecule has 74 heavy (non-hydrogen) atoms. The molecular formula is C50H60N4O20. The highest BCUT2D eigenvalue weighted by atomic mass is 16.7. The number of carbonyl (C=O) groups excluding carboxylic acids is 4. The second-order valence-electron chi connectivity index (χ2n) is 17.5. The average molecular weight is 1040 g/mol. The normalized spacial score (nSPS) is 30.7. The third-order valence-corrected chi connectivity index (χ3v) is 12.5. The molecule has 2 aliphatic heterocycles. The van der Waals surface area contributed by atoms with Gasteiger partial charge in [0.2, 0.25) is 0 Å². The smallest absolute Gasteiger partial charge is 0.407 e. The van der Waals surface area contributed by atoms with Gasteiger partial charge in [0.05, 0.1) is 37.4 Å². The van der Waals surface area contributed by atoms with Gasteiger partial charge in [-0.1, -0.05) is 121 Å². The number of rotatable bonds is 18. The molecule has 2 heterocycles. The van der Waals surface area contributed by atoms with Crippen molar-refractivity contribution in [3.8, 4) is 0 Å². The van der Waals surface area contributed by atoms with Crippen LogP contribution >= 0.6 is 0 Å². The second kappa shape index (κ2) is 26.6. The first-order valence-electron chi connectivity index (χ1n) is 23.5. The van der Waals surface area contributed by atoms with Crippen molar-refractivity contribution in [2.45, 2.75) is 124 Å². The number of aliphatic hydroxyl groups excluding tert-OH is 8. The maximum atomic E-state index is 13.7. The molecule has 3 fully saturated rings. The Morgan fingerprint density at radius 2 is 0.703 bits per heavy atom. The van der Waals surface area contributed by atoms with Crippen LogP contribution in [0.3, 0.4) is 0 Å². The van der Waals surface area contributed by atoms with Crippen molar-refractivity contribution in [3.05, 3.63) is 144 Å². The summed E-state index contributed by atoms with van der Waals surface area (Å²) in [6.07, 6.45) is -28.0. The maximum absolute atomic E-state index is 13.7. The quantitative estimate of drug-likeness (QED) is 0.0562. The Bertz CT molecular complexity index is 2380. The number of ether oxygens (including phenoxy) is 8. The van der Waals surface area contributed by atoms with Gasteiger partial charge >= 0.3 is 24.4 Å². The first kappa shape index (κ1) is 55.2. The zero-order valence-electron chi connectivity index (χ0n) is 39.5. The highest BCUT2D eigenvalue weighted by Gasteiger charge is 2.58. The zero-order valence-corrected chi connectivity index (χ0v) is 39.5. The predicted octanol–water partition coefficient (Wildman–Crippen LogP) is -0.450. The summed E-state index contributed by atoms with van der Waals surface area (Å²) in [5.41, 5.74) is 2.29. The summed E-state index contributed by atoms with van der Waals surface area (Å²) in [5, 5.41) is 100. The van der Waals surface area contributed by atoms with Gasteiger partial charge in [0.25, 0.3) is 0 Å². The minimum atomic E-state index is -2.24. The number of nitrogens with one attached hydrogen (secondary N) is 4. The highest BCUT2D eigenvalue weighted by molar-refractivity contribution is 5.70. The Balaban J connectivity index is 1.21. The van der Waals surface area contributed by atoms with Gasteiger partial charge in [-0.15, -0.1) is 0 Å². The Hall–Kier alpha value is -6.52. The molecule has 0 radical (unpaired) electrons. The lowest BCUT2D eigenvalue weighted by molar-refractivity contribution is -0.329. The number of benzene rings is 4. The molecule has 0 aromatic heterocycles. The van der Waals surface area contributed by atoms with Crippen molar-refractivity contribution in [3.63, 3.8) is 0 Å². The fraction of sp³-hybridized carbons (Fsp3) is 0.440. The molecule has 1 saturated carbocycles. The first-order valence-corrected chi connectivity index (χ1v) is 23.5. The van der Waals surface area contributed by atoms with E-state index in [0.717, 1.165) is 0 Å². The SMILES string of the molecule is O=C(NC1C(OC2C(O)C(OC3OC(CO)C(O)C(NC(=O)OCc4ccccc4)C3O)C(NC(=O)OCc3ccccc3)C(O)C2NC(=O)OCc2ccccc2)OC(CO)C(O)C1O)OCc1ccccc1. The average Bonchev–Trinajstić information content (AvgIpc) is 3.42. The number of alkyl carbamates (subject to hydrolysis) is 4. The molecule has 7 rings (SSSR count). The lowest BCUT2D eigenvalue weighted by atomic mass is 9.80. The van der Waals surface area contributed by atoms with Gasteiger partial charge in [0.1, 0.15) is 87.4 Å². The van der Waals surface area contributed by atoms with Crippen LogP contribution in [-0.2, 0) is 64.3 Å². The van der Waals surface area contributed by atoms with Crippen LogP contribution in [0.2, 0.25) is 0 Å². The molecule has 4 aromatic rings. The Morgan fingerprint density at radius 1 is 0.378 bits per heavy atom. The Morgan fingerprint density at radius 3 is 1.08 bits per heavy atom. The molecule has 0 bridgehead atoms. The molecule has 24 heteroatoms. The maximum Gasteiger partial charge on any atom is 0.407 e. The molecule has 12 N–H and O–H groups in total. The van der Waals surface area contributed by atoms with Crippen molar-refractivity contribution < 1.29 is 97.9 Å². The number of carbonyl (C=O) groups is 4. The van der Waals surface area contributed by atoms with Crippen LogP contribution < -0.4 is 21.3 Å². The van der Waals surface area contributed by atoms with Crippen LogP contribution in [0.25, 0.3) is 0 Å². The van der Waals surface area contributed by atoms with Crippen molar-refractivity contribution in [2.24, 2.45) is 0 Å². The van der Waals surface area contributed by atoms with Gasteiger partial charge in [0, 0.05) is 0 Å². The largest absolute Gasteiger partial charge is 0.445 e. The van der Waals surface area contributed by atoms with E-state index in [1.807, 2.05) is 0 Å². The van der Waals surface area contributed by atoms with E-state index in [0.29, 0.717) is 22.3 Å². The molecule has 4 amide bonds. The van der Waals surface area contributed by atoms with Gasteiger partial charge in [-0.05, 0) is 22.3 Å². The number of amides is 4. The predicted molar refractivity (Wildman–Crippen MR) is 251 cm³/mol. The monoisotopic (exact) mass is 1040 g/mol. The summed E-state index contributed by atoms with van der Waals surface area (Å²) in [7, 11) is 0. The lowest BCUT2D eigenvalue weighted by Gasteiger charge is -2.51. The van der Waals surface area contributed by atoms with E-state index in [1.165, 1.54) is 0 Å². The van der Waals surface area contributed by atoms with Crippen LogP contribution in [0.4, 0.5) is 19.2 Å². The summed E-state index contributed by atoms with van der Waals surface area (Å²) < 4.78 is 45.6. The topological polar surface area (TPSA) is 352 Å². The van der Waals surface area contributed by atoms with E-state index in [2.05, 4.69) is 21.3 Å². The van der Waals surface area contributed by atoms with Crippen LogP contribution in [0.15, 0.2) is 121 Å². The summed E-state index contributed by atoms with van der Waals surface area (Å²) in [4.78, 5) is 53.7. The van der Waals surface area contributed by atoms with Crippen LogP contribution in [-0.4, -0.2) is 176 Å². The molecule has 2 saturated heterocycles. The van der Waals surface area contributed by atoms with Gasteiger partial charge in [0.15, 0.2) is 12.6 Å². The molecule has 1 aliphatic carbocycles. The minimum absolute atomic E-state index is 0.216. The third kappa shape index (κ3) is 14.4. The molecular weight excluding hydrogens is 977 g/mol. The number of aliphatic hydroxyl groups is 8. The van der Waals surface area contributed by atoms with Crippen LogP contribution in [0.1, 0.15) is 22.3 Å². The van der Waals surface area contributed by atoms with E-state index >= 15 is 0 Å². The standard InChI is InChI=1S/C50H60N4O20/c55-21-31-37(57)33(51-47(63)67-23-27-13-5-1-6-14-27)41(61)46(72-31)74-44-35(53-49(65)69-25-29-17-9-3-10-18-29)39(59)34(52-48(64)68-24-28-15-7-2-8-16-28)43(42(44)62)73-45-36(40(60)38(58)32(22-56)71-45)54-50(66)70-26-30-19-11-4-12-20-30/h1-20,31-46,55-62H,21-26H2,(H,51,63)(H,52,64)(H,53,65)(H,54,66). The third-order valence-electron chi connectivity index (χ3n) is 12.5. The number of hydrogen-bond acceptors (Lipinski definition) is 20. The van der Waals surface area contributed by atoms with Crippen molar-refractivity contribution in [1.82, 2.24) is 21.3 Å². The van der Waals surface area contributed by atoms with Gasteiger partial charge in [-0.2, -0.15) is 0 Å². The lowest BCUT2D eigenvalue weighted by Crippen LogP contribution is -2.75. The molecule has 4 aromatic carbocycles. The number of hydrogen-bond donors (Lipinski definition) is 12. The Kier molecular flexibility index (Phi) is 19.9. The van der Waals surface area contributed by atoms with Crippen molar-refractivity contribution in [2.75, 3.05) is 13.2 Å². The minimum Gasteiger partial charge on any atom is -0.445 e. The fourth-order valence-corrected chi connectivity index (χ4v) is 8.52. The van der Waals surface area contributed by atoms with Gasteiger partial charge in [-0.25, -0.2) is 19.2 Å².